The number of amides is 1. The molecule has 4 nitrogen and oxygen atoms in total. The second-order valence-corrected chi connectivity index (χ2v) is 5.62. The largest absolute Gasteiger partial charge is 0.347 e. The Bertz CT molecular complexity index is 633. The molecule has 0 spiro atoms. The molecule has 0 aliphatic carbocycles. The number of hydrogen-bond donors (Lipinski definition) is 0. The summed E-state index contributed by atoms with van der Waals surface area (Å²) in [5.41, 5.74) is 3.06. The van der Waals surface area contributed by atoms with Gasteiger partial charge in [0.1, 0.15) is 11.9 Å². The van der Waals surface area contributed by atoms with Crippen LogP contribution < -0.4 is 0 Å². The van der Waals surface area contributed by atoms with E-state index in [1.54, 1.807) is 19.0 Å². The molecule has 1 atom stereocenters. The second kappa shape index (κ2) is 5.83. The minimum Gasteiger partial charge on any atom is -0.347 e. The normalized spacial score (nSPS) is 12.7. The van der Waals surface area contributed by atoms with E-state index in [1.165, 1.54) is 0 Å². The molecule has 108 valence electrons. The van der Waals surface area contributed by atoms with Crippen molar-refractivity contribution in [1.82, 2.24) is 14.5 Å². The van der Waals surface area contributed by atoms with Gasteiger partial charge in [0.2, 0.25) is 5.91 Å². The van der Waals surface area contributed by atoms with Crippen molar-refractivity contribution in [2.75, 3.05) is 20.0 Å². The Morgan fingerprint density at radius 3 is 2.75 bits per heavy atom. The van der Waals surface area contributed by atoms with Gasteiger partial charge < -0.3 is 9.47 Å². The van der Waals surface area contributed by atoms with Crippen LogP contribution in [0, 0.1) is 6.92 Å². The lowest BCUT2D eigenvalue weighted by Gasteiger charge is -2.20. The average molecular weight is 294 g/mol. The zero-order valence-corrected chi connectivity index (χ0v) is 13.1. The van der Waals surface area contributed by atoms with E-state index >= 15 is 0 Å². The second-order valence-electron chi connectivity index (χ2n) is 5.24. The van der Waals surface area contributed by atoms with Gasteiger partial charge in [-0.1, -0.05) is 6.07 Å². The van der Waals surface area contributed by atoms with Crippen LogP contribution in [-0.2, 0) is 11.2 Å². The Labute approximate surface area is 124 Å². The predicted octanol–water partition coefficient (Wildman–Crippen LogP) is 2.78. The fraction of sp³-hybridized carbons (Fsp3) is 0.467. The van der Waals surface area contributed by atoms with Crippen molar-refractivity contribution in [3.63, 3.8) is 0 Å². The molecule has 0 saturated heterocycles. The number of fused-ring (bicyclic) bond motifs is 1. The molecule has 0 radical (unpaired) electrons. The third-order valence-electron chi connectivity index (χ3n) is 3.42. The fourth-order valence-electron chi connectivity index (χ4n) is 2.44. The summed E-state index contributed by atoms with van der Waals surface area (Å²) in [7, 11) is 3.53. The van der Waals surface area contributed by atoms with E-state index in [4.69, 9.17) is 11.6 Å². The molecule has 0 N–H and O–H groups in total. The first-order valence-electron chi connectivity index (χ1n) is 6.70. The van der Waals surface area contributed by atoms with E-state index in [2.05, 4.69) is 4.98 Å². The summed E-state index contributed by atoms with van der Waals surface area (Å²) in [6, 6.07) is 5.82. The third kappa shape index (κ3) is 2.66. The summed E-state index contributed by atoms with van der Waals surface area (Å²) in [4.78, 5) is 18.5. The molecule has 20 heavy (non-hydrogen) atoms. The van der Waals surface area contributed by atoms with Gasteiger partial charge >= 0.3 is 0 Å². The molecular formula is C15H20ClN3O. The molecule has 1 unspecified atom stereocenters. The van der Waals surface area contributed by atoms with Crippen LogP contribution in [0.4, 0.5) is 0 Å². The lowest BCUT2D eigenvalue weighted by molar-refractivity contribution is -0.131. The van der Waals surface area contributed by atoms with Gasteiger partial charge in [-0.2, -0.15) is 0 Å². The first kappa shape index (κ1) is 14.9. The van der Waals surface area contributed by atoms with Gasteiger partial charge in [0, 0.05) is 26.4 Å². The minimum atomic E-state index is -0.282. The molecule has 0 aliphatic heterocycles. The zero-order valence-electron chi connectivity index (χ0n) is 12.4. The van der Waals surface area contributed by atoms with Gasteiger partial charge in [0.05, 0.1) is 11.0 Å². The van der Waals surface area contributed by atoms with Crippen LogP contribution in [0.1, 0.15) is 24.4 Å². The Morgan fingerprint density at radius 2 is 2.15 bits per heavy atom. The quantitative estimate of drug-likeness (QED) is 0.813. The van der Waals surface area contributed by atoms with Crippen molar-refractivity contribution in [2.45, 2.75) is 26.3 Å². The van der Waals surface area contributed by atoms with E-state index in [9.17, 15) is 4.79 Å². The number of aromatic nitrogens is 2. The van der Waals surface area contributed by atoms with Crippen LogP contribution in [0.25, 0.3) is 11.0 Å². The summed E-state index contributed by atoms with van der Waals surface area (Å²) < 4.78 is 2.00. The van der Waals surface area contributed by atoms with E-state index < -0.39 is 0 Å². The van der Waals surface area contributed by atoms with E-state index in [0.717, 1.165) is 22.4 Å². The monoisotopic (exact) mass is 293 g/mol. The third-order valence-corrected chi connectivity index (χ3v) is 3.61. The van der Waals surface area contributed by atoms with Gasteiger partial charge in [0.25, 0.3) is 0 Å². The molecule has 2 aromatic rings. The molecule has 1 amide bonds. The molecule has 2 rings (SSSR count). The number of likely N-dealkylation sites (N-methyl/N-ethyl adjacent to an activating group) is 1. The molecule has 5 heteroatoms. The van der Waals surface area contributed by atoms with Gasteiger partial charge in [-0.05, 0) is 31.5 Å². The SMILES string of the molecule is Cc1ccc2c(c1)nc(CCCl)n2C(C)C(=O)N(C)C. The smallest absolute Gasteiger partial charge is 0.244 e. The molecule has 0 bridgehead atoms. The molecule has 0 fully saturated rings. The van der Waals surface area contributed by atoms with Crippen LogP contribution in [0.3, 0.4) is 0 Å². The van der Waals surface area contributed by atoms with Crippen LogP contribution in [0.2, 0.25) is 0 Å². The lowest BCUT2D eigenvalue weighted by atomic mass is 10.2. The molecule has 1 aromatic carbocycles. The summed E-state index contributed by atoms with van der Waals surface area (Å²) in [6.07, 6.45) is 0.653. The van der Waals surface area contributed by atoms with Gasteiger partial charge in [-0.3, -0.25) is 4.79 Å². The molecule has 0 aliphatic rings. The number of benzene rings is 1. The molecular weight excluding hydrogens is 274 g/mol. The maximum Gasteiger partial charge on any atom is 0.244 e. The van der Waals surface area contributed by atoms with Crippen LogP contribution in [0.15, 0.2) is 18.2 Å². The summed E-state index contributed by atoms with van der Waals surface area (Å²) in [6.45, 7) is 3.94. The maximum absolute atomic E-state index is 12.3. The Morgan fingerprint density at radius 1 is 1.45 bits per heavy atom. The Balaban J connectivity index is 2.59. The van der Waals surface area contributed by atoms with Crippen molar-refractivity contribution in [3.05, 3.63) is 29.6 Å². The highest BCUT2D eigenvalue weighted by Gasteiger charge is 2.22. The van der Waals surface area contributed by atoms with E-state index in [1.807, 2.05) is 36.6 Å². The number of nitrogens with zero attached hydrogens (tertiary/aromatic N) is 3. The fourth-order valence-corrected chi connectivity index (χ4v) is 2.60. The number of carbonyl (C=O) groups is 1. The van der Waals surface area contributed by atoms with Crippen LogP contribution >= 0.6 is 11.6 Å². The number of imidazole rings is 1. The van der Waals surface area contributed by atoms with Gasteiger partial charge in [0.15, 0.2) is 0 Å². The Hall–Kier alpha value is -1.55. The number of aryl methyl sites for hydroxylation is 2. The van der Waals surface area contributed by atoms with Crippen LogP contribution in [-0.4, -0.2) is 40.3 Å². The summed E-state index contributed by atoms with van der Waals surface area (Å²) in [5, 5.41) is 0. The molecule has 1 heterocycles. The van der Waals surface area contributed by atoms with Crippen molar-refractivity contribution < 1.29 is 4.79 Å². The van der Waals surface area contributed by atoms with Crippen molar-refractivity contribution >= 4 is 28.5 Å². The molecule has 1 aromatic heterocycles. The highest BCUT2D eigenvalue weighted by molar-refractivity contribution is 6.17. The number of rotatable bonds is 4. The number of halogens is 1. The van der Waals surface area contributed by atoms with E-state index in [-0.39, 0.29) is 11.9 Å². The van der Waals surface area contributed by atoms with Crippen LogP contribution in [0.5, 0.6) is 0 Å². The first-order chi connectivity index (χ1) is 9.45. The van der Waals surface area contributed by atoms with Crippen molar-refractivity contribution in [2.24, 2.45) is 0 Å². The summed E-state index contributed by atoms with van der Waals surface area (Å²) >= 11 is 5.86. The summed E-state index contributed by atoms with van der Waals surface area (Å²) in [5.74, 6) is 1.41. The Kier molecular flexibility index (Phi) is 4.33. The predicted molar refractivity (Wildman–Crippen MR) is 82.3 cm³/mol. The topological polar surface area (TPSA) is 38.1 Å². The number of hydrogen-bond acceptors (Lipinski definition) is 2. The van der Waals surface area contributed by atoms with E-state index in [0.29, 0.717) is 12.3 Å². The number of alkyl halides is 1. The van der Waals surface area contributed by atoms with Gasteiger partial charge in [-0.25, -0.2) is 4.98 Å². The highest BCUT2D eigenvalue weighted by atomic mass is 35.5. The van der Waals surface area contributed by atoms with Crippen molar-refractivity contribution in [1.29, 1.82) is 0 Å². The van der Waals surface area contributed by atoms with Gasteiger partial charge in [-0.15, -0.1) is 11.6 Å². The number of carbonyl (C=O) groups excluding carboxylic acids is 1. The maximum atomic E-state index is 12.3. The standard InChI is InChI=1S/C15H20ClN3O/c1-10-5-6-13-12(9-10)17-14(7-8-16)19(13)11(2)15(20)18(3)4/h5-6,9,11H,7-8H2,1-4H3. The first-order valence-corrected chi connectivity index (χ1v) is 7.23. The van der Waals surface area contributed by atoms with Crippen molar-refractivity contribution in [3.8, 4) is 0 Å². The zero-order chi connectivity index (χ0) is 14.9. The molecule has 0 saturated carbocycles. The highest BCUT2D eigenvalue weighted by Crippen LogP contribution is 2.23. The average Bonchev–Trinajstić information content (AvgIpc) is 2.74. The minimum absolute atomic E-state index is 0.0562. The lowest BCUT2D eigenvalue weighted by Crippen LogP contribution is -2.30.